The third-order valence-corrected chi connectivity index (χ3v) is 12.6. The summed E-state index contributed by atoms with van der Waals surface area (Å²) in [5.41, 5.74) is 12.8. The molecule has 48 heavy (non-hydrogen) atoms. The number of hydrogen-bond donors (Lipinski definition) is 0. The second-order valence-corrected chi connectivity index (χ2v) is 14.8. The van der Waals surface area contributed by atoms with E-state index in [-0.39, 0.29) is 0 Å². The summed E-state index contributed by atoms with van der Waals surface area (Å²) >= 11 is 3.71. The summed E-state index contributed by atoms with van der Waals surface area (Å²) in [4.78, 5) is 2.46. The van der Waals surface area contributed by atoms with Crippen molar-refractivity contribution < 1.29 is 0 Å². The molecule has 1 atom stereocenters. The number of thiophene rings is 2. The fourth-order valence-corrected chi connectivity index (χ4v) is 10.7. The Bertz CT molecular complexity index is 2750. The first-order valence-corrected chi connectivity index (χ1v) is 18.1. The minimum atomic E-state index is -0.419. The predicted octanol–water partition coefficient (Wildman–Crippen LogP) is 13.1. The molecule has 2 heterocycles. The first kappa shape index (κ1) is 26.6. The third-order valence-electron chi connectivity index (χ3n) is 10.6. The van der Waals surface area contributed by atoms with Crippen molar-refractivity contribution in [3.05, 3.63) is 185 Å². The van der Waals surface area contributed by atoms with Crippen LogP contribution >= 0.6 is 22.7 Å². The molecule has 1 unspecified atom stereocenters. The van der Waals surface area contributed by atoms with Crippen LogP contribution in [-0.2, 0) is 5.41 Å². The van der Waals surface area contributed by atoms with Crippen molar-refractivity contribution >= 4 is 70.0 Å². The van der Waals surface area contributed by atoms with Gasteiger partial charge in [0.2, 0.25) is 0 Å². The van der Waals surface area contributed by atoms with E-state index in [0.29, 0.717) is 0 Å². The van der Waals surface area contributed by atoms with Gasteiger partial charge in [0, 0.05) is 36.8 Å². The quantitative estimate of drug-likeness (QED) is 0.185. The molecule has 0 radical (unpaired) electrons. The second-order valence-electron chi connectivity index (χ2n) is 12.8. The topological polar surface area (TPSA) is 3.24 Å². The molecule has 0 saturated carbocycles. The molecule has 2 aromatic heterocycles. The van der Waals surface area contributed by atoms with Gasteiger partial charge in [-0.1, -0.05) is 121 Å². The molecule has 11 rings (SSSR count). The maximum absolute atomic E-state index is 2.50. The Kier molecular flexibility index (Phi) is 5.41. The first-order valence-electron chi connectivity index (χ1n) is 16.4. The van der Waals surface area contributed by atoms with Gasteiger partial charge in [-0.15, -0.1) is 22.7 Å². The molecular formula is C45H27NS2. The van der Waals surface area contributed by atoms with E-state index in [1.807, 2.05) is 11.3 Å². The van der Waals surface area contributed by atoms with Crippen molar-refractivity contribution in [1.82, 2.24) is 0 Å². The SMILES string of the molecule is c1csc(N(c2ccc3c(c2)C2(c4ccccc4-3)c3ccccc3-c3c2ccc2c3sc3ccccc32)c2cccc3ccccc23)c1. The van der Waals surface area contributed by atoms with E-state index in [0.717, 1.165) is 0 Å². The minimum absolute atomic E-state index is 0.419. The molecule has 2 aliphatic carbocycles. The second kappa shape index (κ2) is 9.77. The summed E-state index contributed by atoms with van der Waals surface area (Å²) in [5, 5.41) is 8.56. The van der Waals surface area contributed by atoms with Gasteiger partial charge in [0.05, 0.1) is 16.1 Å². The zero-order valence-corrected chi connectivity index (χ0v) is 27.5. The predicted molar refractivity (Wildman–Crippen MR) is 206 cm³/mol. The molecule has 0 saturated heterocycles. The molecule has 2 aliphatic rings. The van der Waals surface area contributed by atoms with Crippen LogP contribution in [0.3, 0.4) is 0 Å². The van der Waals surface area contributed by atoms with Crippen LogP contribution in [0.1, 0.15) is 22.3 Å². The van der Waals surface area contributed by atoms with Crippen molar-refractivity contribution in [2.75, 3.05) is 4.90 Å². The maximum atomic E-state index is 2.50. The molecule has 0 amide bonds. The third kappa shape index (κ3) is 3.35. The van der Waals surface area contributed by atoms with Crippen molar-refractivity contribution in [1.29, 1.82) is 0 Å². The molecule has 7 aromatic carbocycles. The zero-order valence-electron chi connectivity index (χ0n) is 25.9. The summed E-state index contributed by atoms with van der Waals surface area (Å²) in [5.74, 6) is 0. The Morgan fingerprint density at radius 3 is 2.08 bits per heavy atom. The van der Waals surface area contributed by atoms with Gasteiger partial charge >= 0.3 is 0 Å². The Morgan fingerprint density at radius 2 is 1.21 bits per heavy atom. The highest BCUT2D eigenvalue weighted by atomic mass is 32.1. The smallest absolute Gasteiger partial charge is 0.0999 e. The molecule has 0 N–H and O–H groups in total. The molecule has 3 heteroatoms. The molecule has 9 aromatic rings. The van der Waals surface area contributed by atoms with Gasteiger partial charge in [0.25, 0.3) is 0 Å². The lowest BCUT2D eigenvalue weighted by Crippen LogP contribution is -2.26. The molecule has 1 spiro atoms. The van der Waals surface area contributed by atoms with Crippen LogP contribution in [-0.4, -0.2) is 0 Å². The van der Waals surface area contributed by atoms with Gasteiger partial charge in [0.15, 0.2) is 0 Å². The van der Waals surface area contributed by atoms with Gasteiger partial charge in [-0.2, -0.15) is 0 Å². The number of hydrogen-bond acceptors (Lipinski definition) is 3. The van der Waals surface area contributed by atoms with Crippen LogP contribution < -0.4 is 4.90 Å². The monoisotopic (exact) mass is 645 g/mol. The first-order chi connectivity index (χ1) is 23.8. The summed E-state index contributed by atoms with van der Waals surface area (Å²) in [7, 11) is 0. The number of anilines is 3. The van der Waals surface area contributed by atoms with E-state index in [1.54, 1.807) is 11.3 Å². The normalized spacial score (nSPS) is 15.6. The minimum Gasteiger partial charge on any atom is -0.301 e. The Hall–Kier alpha value is -5.48. The van der Waals surface area contributed by atoms with Crippen molar-refractivity contribution in [2.45, 2.75) is 5.41 Å². The Labute approximate surface area is 286 Å². The summed E-state index contributed by atoms with van der Waals surface area (Å²) in [6.07, 6.45) is 0. The van der Waals surface area contributed by atoms with E-state index in [1.165, 1.54) is 91.8 Å². The van der Waals surface area contributed by atoms with Crippen molar-refractivity contribution in [3.63, 3.8) is 0 Å². The largest absolute Gasteiger partial charge is 0.301 e. The van der Waals surface area contributed by atoms with Gasteiger partial charge < -0.3 is 4.90 Å². The standard InChI is InChI=1S/C45H27NS2/c1-2-13-30-28(11-1)12-9-19-40(30)46(42-21-10-26-47-42)29-22-23-32-31-14-3-6-17-36(31)45(39(32)27-29)37-18-7-4-16-35(37)43-38(45)25-24-34-33-15-5-8-20-41(33)48-44(34)43/h1-27H. The van der Waals surface area contributed by atoms with Gasteiger partial charge in [-0.3, -0.25) is 0 Å². The van der Waals surface area contributed by atoms with E-state index in [2.05, 4.69) is 168 Å². The summed E-state index contributed by atoms with van der Waals surface area (Å²) < 4.78 is 2.73. The Morgan fingerprint density at radius 1 is 0.479 bits per heavy atom. The van der Waals surface area contributed by atoms with E-state index in [4.69, 9.17) is 0 Å². The van der Waals surface area contributed by atoms with E-state index in [9.17, 15) is 0 Å². The Balaban J connectivity index is 1.24. The highest BCUT2D eigenvalue weighted by molar-refractivity contribution is 7.26. The number of fused-ring (bicyclic) bond motifs is 15. The summed E-state index contributed by atoms with van der Waals surface area (Å²) in [6.45, 7) is 0. The fraction of sp³-hybridized carbons (Fsp3) is 0.0222. The lowest BCUT2D eigenvalue weighted by molar-refractivity contribution is 0.794. The van der Waals surface area contributed by atoms with Crippen LogP contribution in [0.4, 0.5) is 16.4 Å². The molecular weight excluding hydrogens is 619 g/mol. The lowest BCUT2D eigenvalue weighted by atomic mass is 9.70. The van der Waals surface area contributed by atoms with Crippen LogP contribution in [0.15, 0.2) is 163 Å². The highest BCUT2D eigenvalue weighted by Gasteiger charge is 2.52. The number of nitrogens with zero attached hydrogens (tertiary/aromatic N) is 1. The highest BCUT2D eigenvalue weighted by Crippen LogP contribution is 2.65. The van der Waals surface area contributed by atoms with E-state index < -0.39 is 5.41 Å². The number of rotatable bonds is 3. The van der Waals surface area contributed by atoms with E-state index >= 15 is 0 Å². The van der Waals surface area contributed by atoms with Crippen molar-refractivity contribution in [2.24, 2.45) is 0 Å². The van der Waals surface area contributed by atoms with Crippen molar-refractivity contribution in [3.8, 4) is 22.3 Å². The molecule has 1 nitrogen and oxygen atoms in total. The molecule has 224 valence electrons. The van der Waals surface area contributed by atoms with Crippen LogP contribution in [0.5, 0.6) is 0 Å². The maximum Gasteiger partial charge on any atom is 0.0999 e. The average Bonchev–Trinajstić information content (AvgIpc) is 3.92. The van der Waals surface area contributed by atoms with Gasteiger partial charge in [-0.25, -0.2) is 0 Å². The number of benzene rings is 7. The lowest BCUT2D eigenvalue weighted by Gasteiger charge is -2.32. The summed E-state index contributed by atoms with van der Waals surface area (Å²) in [6, 6.07) is 59.0. The van der Waals surface area contributed by atoms with Gasteiger partial charge in [-0.05, 0) is 86.1 Å². The fourth-order valence-electron chi connectivity index (χ4n) is 8.71. The van der Waals surface area contributed by atoms with Crippen LogP contribution in [0, 0.1) is 0 Å². The van der Waals surface area contributed by atoms with Crippen LogP contribution in [0.2, 0.25) is 0 Å². The van der Waals surface area contributed by atoms with Gasteiger partial charge in [0.1, 0.15) is 0 Å². The molecule has 0 fully saturated rings. The molecule has 0 bridgehead atoms. The molecule has 0 aliphatic heterocycles. The average molecular weight is 646 g/mol. The van der Waals surface area contributed by atoms with Crippen LogP contribution in [0.25, 0.3) is 53.2 Å². The zero-order chi connectivity index (χ0) is 31.4.